The Hall–Kier alpha value is -2.24. The summed E-state index contributed by atoms with van der Waals surface area (Å²) in [5.41, 5.74) is 7.53. The summed E-state index contributed by atoms with van der Waals surface area (Å²) in [6, 6.07) is 10.0. The number of amides is 1. The summed E-state index contributed by atoms with van der Waals surface area (Å²) in [6.07, 6.45) is -0.600. The third-order valence-corrected chi connectivity index (χ3v) is 4.16. The largest absolute Gasteiger partial charge is 0.448 e. The van der Waals surface area contributed by atoms with Gasteiger partial charge in [0, 0.05) is 12.1 Å². The van der Waals surface area contributed by atoms with Crippen LogP contribution in [0.3, 0.4) is 0 Å². The second kappa shape index (κ2) is 6.10. The van der Waals surface area contributed by atoms with Gasteiger partial charge in [-0.3, -0.25) is 4.79 Å². The summed E-state index contributed by atoms with van der Waals surface area (Å²) in [5.74, 6) is -0.967. The van der Waals surface area contributed by atoms with Gasteiger partial charge in [-0.2, -0.15) is 0 Å². The van der Waals surface area contributed by atoms with E-state index in [9.17, 15) is 9.59 Å². The standard InChI is InChI=1S/C16H12Cl2N2O3/c17-11-6-9(7-12(18)14(11)19)20-15(21)13-5-8-3-1-2-4-10(8)16(22)23-13/h1-4,6-7,13H,5,19H2,(H,20,21). The Morgan fingerprint density at radius 3 is 2.57 bits per heavy atom. The quantitative estimate of drug-likeness (QED) is 0.643. The van der Waals surface area contributed by atoms with Crippen molar-refractivity contribution in [3.8, 4) is 0 Å². The van der Waals surface area contributed by atoms with Gasteiger partial charge in [0.05, 0.1) is 21.3 Å². The summed E-state index contributed by atoms with van der Waals surface area (Å²) >= 11 is 11.9. The minimum atomic E-state index is -0.910. The Morgan fingerprint density at radius 1 is 1.22 bits per heavy atom. The number of nitrogen functional groups attached to an aromatic ring is 1. The number of fused-ring (bicyclic) bond motifs is 1. The molecular weight excluding hydrogens is 339 g/mol. The van der Waals surface area contributed by atoms with E-state index in [1.807, 2.05) is 6.07 Å². The minimum Gasteiger partial charge on any atom is -0.448 e. The number of hydrogen-bond acceptors (Lipinski definition) is 4. The molecule has 3 N–H and O–H groups in total. The van der Waals surface area contributed by atoms with Crippen molar-refractivity contribution in [2.24, 2.45) is 0 Å². The third kappa shape index (κ3) is 3.11. The van der Waals surface area contributed by atoms with Crippen LogP contribution in [0.25, 0.3) is 0 Å². The lowest BCUT2D eigenvalue weighted by Crippen LogP contribution is -2.37. The molecular formula is C16H12Cl2N2O3. The first-order valence-electron chi connectivity index (χ1n) is 6.80. The monoisotopic (exact) mass is 350 g/mol. The Morgan fingerprint density at radius 2 is 1.87 bits per heavy atom. The number of ether oxygens (including phenoxy) is 1. The number of nitrogens with two attached hydrogens (primary N) is 1. The van der Waals surface area contributed by atoms with Crippen LogP contribution in [0.1, 0.15) is 15.9 Å². The summed E-state index contributed by atoms with van der Waals surface area (Å²) in [7, 11) is 0. The second-order valence-corrected chi connectivity index (χ2v) is 5.91. The van der Waals surface area contributed by atoms with Gasteiger partial charge in [0.1, 0.15) is 0 Å². The number of halogens is 2. The highest BCUT2D eigenvalue weighted by atomic mass is 35.5. The van der Waals surface area contributed by atoms with Crippen LogP contribution in [0, 0.1) is 0 Å². The number of anilines is 2. The number of rotatable bonds is 2. The Labute approximate surface area is 142 Å². The number of carbonyl (C=O) groups excluding carboxylic acids is 2. The Balaban J connectivity index is 1.79. The fourth-order valence-corrected chi connectivity index (χ4v) is 2.84. The molecule has 2 aromatic rings. The highest BCUT2D eigenvalue weighted by Gasteiger charge is 2.31. The third-order valence-electron chi connectivity index (χ3n) is 3.53. The van der Waals surface area contributed by atoms with E-state index in [1.54, 1.807) is 18.2 Å². The maximum absolute atomic E-state index is 12.3. The molecule has 1 amide bonds. The predicted molar refractivity (Wildman–Crippen MR) is 88.9 cm³/mol. The minimum absolute atomic E-state index is 0.235. The van der Waals surface area contributed by atoms with Gasteiger partial charge in [0.2, 0.25) is 0 Å². The van der Waals surface area contributed by atoms with Crippen LogP contribution in [0.2, 0.25) is 10.0 Å². The van der Waals surface area contributed by atoms with Gasteiger partial charge in [-0.1, -0.05) is 41.4 Å². The zero-order valence-corrected chi connectivity index (χ0v) is 13.3. The molecule has 0 radical (unpaired) electrons. The van der Waals surface area contributed by atoms with Crippen LogP contribution in [-0.2, 0) is 16.0 Å². The molecule has 1 atom stereocenters. The van der Waals surface area contributed by atoms with Crippen molar-refractivity contribution in [3.05, 3.63) is 57.6 Å². The highest BCUT2D eigenvalue weighted by Crippen LogP contribution is 2.31. The van der Waals surface area contributed by atoms with Crippen molar-refractivity contribution < 1.29 is 14.3 Å². The van der Waals surface area contributed by atoms with E-state index < -0.39 is 18.0 Å². The number of cyclic esters (lactones) is 1. The lowest BCUT2D eigenvalue weighted by molar-refractivity contribution is -0.125. The molecule has 2 aromatic carbocycles. The van der Waals surface area contributed by atoms with Gasteiger partial charge in [0.25, 0.3) is 5.91 Å². The predicted octanol–water partition coefficient (Wildman–Crippen LogP) is 3.30. The molecule has 1 heterocycles. The van der Waals surface area contributed by atoms with E-state index in [0.717, 1.165) is 5.56 Å². The van der Waals surface area contributed by atoms with Crippen molar-refractivity contribution in [2.75, 3.05) is 11.1 Å². The van der Waals surface area contributed by atoms with E-state index in [0.29, 0.717) is 17.7 Å². The first-order chi connectivity index (χ1) is 11.0. The number of esters is 1. The van der Waals surface area contributed by atoms with Gasteiger partial charge < -0.3 is 15.8 Å². The van der Waals surface area contributed by atoms with Crippen LogP contribution in [0.15, 0.2) is 36.4 Å². The lowest BCUT2D eigenvalue weighted by atomic mass is 9.98. The first kappa shape index (κ1) is 15.6. The molecule has 0 saturated heterocycles. The molecule has 1 aliphatic rings. The molecule has 23 heavy (non-hydrogen) atoms. The molecule has 118 valence electrons. The Bertz CT molecular complexity index is 785. The number of nitrogens with one attached hydrogen (secondary N) is 1. The van der Waals surface area contributed by atoms with Crippen molar-refractivity contribution >= 4 is 46.5 Å². The van der Waals surface area contributed by atoms with Gasteiger partial charge in [0.15, 0.2) is 6.10 Å². The molecule has 0 saturated carbocycles. The van der Waals surface area contributed by atoms with E-state index in [4.69, 9.17) is 33.7 Å². The number of carbonyl (C=O) groups is 2. The van der Waals surface area contributed by atoms with Gasteiger partial charge >= 0.3 is 5.97 Å². The van der Waals surface area contributed by atoms with E-state index >= 15 is 0 Å². The van der Waals surface area contributed by atoms with Crippen LogP contribution in [0.5, 0.6) is 0 Å². The van der Waals surface area contributed by atoms with Gasteiger partial charge in [-0.25, -0.2) is 4.79 Å². The second-order valence-electron chi connectivity index (χ2n) is 5.10. The molecule has 0 bridgehead atoms. The number of benzene rings is 2. The topological polar surface area (TPSA) is 81.4 Å². The molecule has 0 aromatic heterocycles. The van der Waals surface area contributed by atoms with Crippen molar-refractivity contribution in [1.29, 1.82) is 0 Å². The maximum atomic E-state index is 12.3. The summed E-state index contributed by atoms with van der Waals surface area (Å²) in [5, 5.41) is 3.10. The fraction of sp³-hybridized carbons (Fsp3) is 0.125. The average molecular weight is 351 g/mol. The van der Waals surface area contributed by atoms with E-state index in [1.165, 1.54) is 12.1 Å². The smallest absolute Gasteiger partial charge is 0.339 e. The van der Waals surface area contributed by atoms with E-state index in [2.05, 4.69) is 5.32 Å². The van der Waals surface area contributed by atoms with Crippen molar-refractivity contribution in [3.63, 3.8) is 0 Å². The zero-order valence-electron chi connectivity index (χ0n) is 11.8. The molecule has 0 spiro atoms. The van der Waals surface area contributed by atoms with Crippen LogP contribution in [0.4, 0.5) is 11.4 Å². The fourth-order valence-electron chi connectivity index (χ4n) is 2.36. The molecule has 1 unspecified atom stereocenters. The molecule has 3 rings (SSSR count). The van der Waals surface area contributed by atoms with Crippen molar-refractivity contribution in [2.45, 2.75) is 12.5 Å². The summed E-state index contributed by atoms with van der Waals surface area (Å²) in [4.78, 5) is 24.3. The number of hydrogen-bond donors (Lipinski definition) is 2. The average Bonchev–Trinajstić information content (AvgIpc) is 2.52. The maximum Gasteiger partial charge on any atom is 0.339 e. The van der Waals surface area contributed by atoms with Crippen LogP contribution >= 0.6 is 23.2 Å². The summed E-state index contributed by atoms with van der Waals surface area (Å²) in [6.45, 7) is 0. The zero-order chi connectivity index (χ0) is 16.6. The normalized spacial score (nSPS) is 16.4. The molecule has 1 aliphatic heterocycles. The SMILES string of the molecule is Nc1c(Cl)cc(NC(=O)C2Cc3ccccc3C(=O)O2)cc1Cl. The molecule has 0 fully saturated rings. The molecule has 7 heteroatoms. The molecule has 5 nitrogen and oxygen atoms in total. The highest BCUT2D eigenvalue weighted by molar-refractivity contribution is 6.39. The van der Waals surface area contributed by atoms with Crippen molar-refractivity contribution in [1.82, 2.24) is 0 Å². The van der Waals surface area contributed by atoms with Crippen LogP contribution < -0.4 is 11.1 Å². The van der Waals surface area contributed by atoms with Gasteiger partial charge in [-0.05, 0) is 23.8 Å². The lowest BCUT2D eigenvalue weighted by Gasteiger charge is -2.23. The van der Waals surface area contributed by atoms with Gasteiger partial charge in [-0.15, -0.1) is 0 Å². The van der Waals surface area contributed by atoms with Crippen LogP contribution in [-0.4, -0.2) is 18.0 Å². The Kier molecular flexibility index (Phi) is 4.15. The summed E-state index contributed by atoms with van der Waals surface area (Å²) < 4.78 is 5.19. The molecule has 0 aliphatic carbocycles. The van der Waals surface area contributed by atoms with E-state index in [-0.39, 0.29) is 15.7 Å². The first-order valence-corrected chi connectivity index (χ1v) is 7.55.